The minimum Gasteiger partial charge on any atom is -0.508 e. The van der Waals surface area contributed by atoms with E-state index >= 15 is 0 Å². The quantitative estimate of drug-likeness (QED) is 0.851. The van der Waals surface area contributed by atoms with Crippen LogP contribution in [0.2, 0.25) is 0 Å². The van der Waals surface area contributed by atoms with Crippen LogP contribution in [0.15, 0.2) is 36.5 Å². The molecule has 4 heteroatoms. The van der Waals surface area contributed by atoms with Crippen molar-refractivity contribution in [1.29, 1.82) is 0 Å². The van der Waals surface area contributed by atoms with E-state index in [-0.39, 0.29) is 0 Å². The van der Waals surface area contributed by atoms with Gasteiger partial charge in [-0.05, 0) is 37.5 Å². The number of phenols is 1. The number of benzene rings is 1. The highest BCUT2D eigenvalue weighted by molar-refractivity contribution is 5.34. The van der Waals surface area contributed by atoms with E-state index in [0.717, 1.165) is 18.7 Å². The van der Waals surface area contributed by atoms with Crippen molar-refractivity contribution < 1.29 is 5.11 Å². The molecule has 18 heavy (non-hydrogen) atoms. The van der Waals surface area contributed by atoms with Gasteiger partial charge in [-0.15, -0.1) is 0 Å². The molecule has 0 bridgehead atoms. The molecule has 96 valence electrons. The number of aryl methyl sites for hydroxylation is 2. The molecule has 2 N–H and O–H groups in total. The maximum Gasteiger partial charge on any atom is 0.124 e. The summed E-state index contributed by atoms with van der Waals surface area (Å²) in [6.45, 7) is 2.16. The first kappa shape index (κ1) is 12.5. The van der Waals surface area contributed by atoms with Gasteiger partial charge in [-0.3, -0.25) is 4.68 Å². The fourth-order valence-electron chi connectivity index (χ4n) is 1.89. The van der Waals surface area contributed by atoms with E-state index in [1.54, 1.807) is 18.3 Å². The van der Waals surface area contributed by atoms with Gasteiger partial charge in [0.15, 0.2) is 0 Å². The zero-order valence-electron chi connectivity index (χ0n) is 10.8. The van der Waals surface area contributed by atoms with Gasteiger partial charge in [0.1, 0.15) is 11.6 Å². The van der Waals surface area contributed by atoms with Crippen LogP contribution in [0.25, 0.3) is 0 Å². The van der Waals surface area contributed by atoms with Gasteiger partial charge >= 0.3 is 0 Å². The van der Waals surface area contributed by atoms with E-state index in [1.807, 2.05) is 29.9 Å². The number of hydrogen-bond acceptors (Lipinski definition) is 3. The van der Waals surface area contributed by atoms with Crippen molar-refractivity contribution in [2.45, 2.75) is 25.8 Å². The molecular weight excluding hydrogens is 226 g/mol. The number of nitrogens with zero attached hydrogens (tertiary/aromatic N) is 2. The zero-order valence-corrected chi connectivity index (χ0v) is 10.8. The summed E-state index contributed by atoms with van der Waals surface area (Å²) in [4.78, 5) is 0. The van der Waals surface area contributed by atoms with Crippen LogP contribution in [0.4, 0.5) is 5.82 Å². The standard InChI is InChI=1S/C14H19N3O/c1-11(16-14-9-10-15-17(14)2)3-4-12-5-7-13(18)8-6-12/h5-11,16,18H,3-4H2,1-2H3/t11-/m1/s1. The largest absolute Gasteiger partial charge is 0.508 e. The average Bonchev–Trinajstić information content (AvgIpc) is 2.74. The van der Waals surface area contributed by atoms with Gasteiger partial charge in [0.25, 0.3) is 0 Å². The highest BCUT2D eigenvalue weighted by Crippen LogP contribution is 2.13. The number of phenolic OH excluding ortho intramolecular Hbond substituents is 1. The maximum atomic E-state index is 9.21. The van der Waals surface area contributed by atoms with Crippen LogP contribution in [-0.4, -0.2) is 20.9 Å². The van der Waals surface area contributed by atoms with Crippen molar-refractivity contribution in [1.82, 2.24) is 9.78 Å². The molecule has 0 unspecified atom stereocenters. The smallest absolute Gasteiger partial charge is 0.124 e. The monoisotopic (exact) mass is 245 g/mol. The Kier molecular flexibility index (Phi) is 3.87. The molecule has 1 aromatic heterocycles. The van der Waals surface area contributed by atoms with Crippen molar-refractivity contribution in [3.05, 3.63) is 42.1 Å². The topological polar surface area (TPSA) is 50.1 Å². The summed E-state index contributed by atoms with van der Waals surface area (Å²) in [5.41, 5.74) is 1.24. The van der Waals surface area contributed by atoms with Gasteiger partial charge in [-0.2, -0.15) is 5.10 Å². The SMILES string of the molecule is C[C@H](CCc1ccc(O)cc1)Nc1ccnn1C. The van der Waals surface area contributed by atoms with Crippen molar-refractivity contribution in [2.75, 3.05) is 5.32 Å². The van der Waals surface area contributed by atoms with Gasteiger partial charge in [0.05, 0.1) is 6.20 Å². The molecule has 2 aromatic rings. The van der Waals surface area contributed by atoms with E-state index in [2.05, 4.69) is 17.3 Å². The van der Waals surface area contributed by atoms with Crippen LogP contribution in [-0.2, 0) is 13.5 Å². The molecular formula is C14H19N3O. The second-order valence-corrected chi connectivity index (χ2v) is 4.59. The predicted octanol–water partition coefficient (Wildman–Crippen LogP) is 2.56. The molecule has 0 spiro atoms. The summed E-state index contributed by atoms with van der Waals surface area (Å²) in [6.07, 6.45) is 3.82. The number of hydrogen-bond donors (Lipinski definition) is 2. The van der Waals surface area contributed by atoms with Crippen molar-refractivity contribution in [2.24, 2.45) is 7.05 Å². The summed E-state index contributed by atoms with van der Waals surface area (Å²) < 4.78 is 1.83. The fraction of sp³-hybridized carbons (Fsp3) is 0.357. The molecule has 4 nitrogen and oxygen atoms in total. The van der Waals surface area contributed by atoms with E-state index in [0.29, 0.717) is 11.8 Å². The van der Waals surface area contributed by atoms with Crippen LogP contribution in [0, 0.1) is 0 Å². The van der Waals surface area contributed by atoms with Gasteiger partial charge in [-0.1, -0.05) is 12.1 Å². The molecule has 2 rings (SSSR count). The van der Waals surface area contributed by atoms with E-state index in [9.17, 15) is 5.11 Å². The van der Waals surface area contributed by atoms with Crippen LogP contribution in [0.3, 0.4) is 0 Å². The first-order chi connectivity index (χ1) is 8.65. The second kappa shape index (κ2) is 5.58. The lowest BCUT2D eigenvalue weighted by Crippen LogP contribution is -2.18. The summed E-state index contributed by atoms with van der Waals surface area (Å²) in [7, 11) is 1.93. The molecule has 0 aliphatic rings. The Morgan fingerprint density at radius 3 is 2.61 bits per heavy atom. The van der Waals surface area contributed by atoms with E-state index in [4.69, 9.17) is 0 Å². The Bertz CT molecular complexity index is 490. The molecule has 0 aliphatic heterocycles. The molecule has 0 amide bonds. The molecule has 0 saturated carbocycles. The Hall–Kier alpha value is -1.97. The van der Waals surface area contributed by atoms with Crippen LogP contribution in [0.5, 0.6) is 5.75 Å². The minimum absolute atomic E-state index is 0.319. The molecule has 1 aromatic carbocycles. The minimum atomic E-state index is 0.319. The summed E-state index contributed by atoms with van der Waals surface area (Å²) in [5.74, 6) is 1.35. The molecule has 1 atom stereocenters. The third-order valence-corrected chi connectivity index (χ3v) is 3.02. The molecule has 1 heterocycles. The summed E-state index contributed by atoms with van der Waals surface area (Å²) in [5, 5.41) is 16.8. The Balaban J connectivity index is 1.83. The average molecular weight is 245 g/mol. The fourth-order valence-corrected chi connectivity index (χ4v) is 1.89. The van der Waals surface area contributed by atoms with Crippen molar-refractivity contribution in [3.63, 3.8) is 0 Å². The normalized spacial score (nSPS) is 12.3. The molecule has 0 saturated heterocycles. The van der Waals surface area contributed by atoms with Crippen LogP contribution >= 0.6 is 0 Å². The van der Waals surface area contributed by atoms with Gasteiger partial charge in [-0.25, -0.2) is 0 Å². The van der Waals surface area contributed by atoms with Crippen LogP contribution in [0.1, 0.15) is 18.9 Å². The first-order valence-electron chi connectivity index (χ1n) is 6.17. The summed E-state index contributed by atoms with van der Waals surface area (Å²) >= 11 is 0. The Morgan fingerprint density at radius 1 is 1.28 bits per heavy atom. The zero-order chi connectivity index (χ0) is 13.0. The molecule has 0 fully saturated rings. The van der Waals surface area contributed by atoms with Crippen molar-refractivity contribution >= 4 is 5.82 Å². The third kappa shape index (κ3) is 3.26. The number of anilines is 1. The van der Waals surface area contributed by atoms with E-state index < -0.39 is 0 Å². The first-order valence-corrected chi connectivity index (χ1v) is 6.17. The Morgan fingerprint density at radius 2 is 2.00 bits per heavy atom. The highest BCUT2D eigenvalue weighted by Gasteiger charge is 2.05. The maximum absolute atomic E-state index is 9.21. The van der Waals surface area contributed by atoms with Gasteiger partial charge < -0.3 is 10.4 Å². The van der Waals surface area contributed by atoms with E-state index in [1.165, 1.54) is 5.56 Å². The number of aromatic hydroxyl groups is 1. The lowest BCUT2D eigenvalue weighted by molar-refractivity contribution is 0.475. The molecule has 0 aliphatic carbocycles. The number of nitrogens with one attached hydrogen (secondary N) is 1. The second-order valence-electron chi connectivity index (χ2n) is 4.59. The van der Waals surface area contributed by atoms with Gasteiger partial charge in [0, 0.05) is 19.2 Å². The summed E-state index contributed by atoms with van der Waals surface area (Å²) in [6, 6.07) is 9.74. The highest BCUT2D eigenvalue weighted by atomic mass is 16.3. The third-order valence-electron chi connectivity index (χ3n) is 3.02. The number of rotatable bonds is 5. The number of aromatic nitrogens is 2. The predicted molar refractivity (Wildman–Crippen MR) is 72.7 cm³/mol. The van der Waals surface area contributed by atoms with Crippen LogP contribution < -0.4 is 5.32 Å². The lowest BCUT2D eigenvalue weighted by Gasteiger charge is -2.15. The Labute approximate surface area is 107 Å². The molecule has 0 radical (unpaired) electrons. The van der Waals surface area contributed by atoms with Gasteiger partial charge in [0.2, 0.25) is 0 Å². The van der Waals surface area contributed by atoms with Crippen molar-refractivity contribution in [3.8, 4) is 5.75 Å². The lowest BCUT2D eigenvalue weighted by atomic mass is 10.1.